The van der Waals surface area contributed by atoms with Crippen molar-refractivity contribution in [3.63, 3.8) is 0 Å². The van der Waals surface area contributed by atoms with E-state index in [0.717, 1.165) is 12.2 Å². The maximum atomic E-state index is 8.56. The minimum absolute atomic E-state index is 0.311. The summed E-state index contributed by atoms with van der Waals surface area (Å²) in [5.41, 5.74) is 0. The maximum Gasteiger partial charge on any atom is 0.0433 e. The van der Waals surface area contributed by atoms with E-state index in [1.165, 1.54) is 12.8 Å². The van der Waals surface area contributed by atoms with Crippen LogP contribution in [-0.2, 0) is 0 Å². The first-order valence-electron chi connectivity index (χ1n) is 3.56. The summed E-state index contributed by atoms with van der Waals surface area (Å²) in [5.74, 6) is 1.54. The first kappa shape index (κ1) is 9.31. The quantitative estimate of drug-likeness (QED) is 0.569. The zero-order valence-electron chi connectivity index (χ0n) is 6.01. The molecule has 0 heterocycles. The van der Waals surface area contributed by atoms with Crippen molar-refractivity contribution in [2.24, 2.45) is 5.92 Å². The molecule has 0 radical (unpaired) electrons. The van der Waals surface area contributed by atoms with Gasteiger partial charge in [0, 0.05) is 6.61 Å². The molecule has 1 unspecified atom stereocenters. The molecule has 0 rings (SSSR count). The van der Waals surface area contributed by atoms with Gasteiger partial charge in [-0.2, -0.15) is 12.6 Å². The van der Waals surface area contributed by atoms with Gasteiger partial charge in [0.15, 0.2) is 0 Å². The SMILES string of the molecule is CCCC(CS)CCO. The van der Waals surface area contributed by atoms with E-state index in [-0.39, 0.29) is 0 Å². The number of thiol groups is 1. The first-order valence-corrected chi connectivity index (χ1v) is 4.20. The van der Waals surface area contributed by atoms with Crippen LogP contribution in [-0.4, -0.2) is 17.5 Å². The van der Waals surface area contributed by atoms with Gasteiger partial charge in [-0.25, -0.2) is 0 Å². The van der Waals surface area contributed by atoms with E-state index < -0.39 is 0 Å². The van der Waals surface area contributed by atoms with E-state index >= 15 is 0 Å². The zero-order chi connectivity index (χ0) is 7.11. The van der Waals surface area contributed by atoms with Gasteiger partial charge < -0.3 is 5.11 Å². The Morgan fingerprint density at radius 2 is 2.11 bits per heavy atom. The van der Waals surface area contributed by atoms with E-state index in [0.29, 0.717) is 12.5 Å². The molecule has 0 aromatic rings. The molecule has 0 aliphatic rings. The Morgan fingerprint density at radius 1 is 1.44 bits per heavy atom. The molecule has 0 aromatic heterocycles. The highest BCUT2D eigenvalue weighted by atomic mass is 32.1. The third-order valence-electron chi connectivity index (χ3n) is 1.49. The lowest BCUT2D eigenvalue weighted by Gasteiger charge is -2.09. The second-order valence-electron chi connectivity index (χ2n) is 2.35. The van der Waals surface area contributed by atoms with Crippen LogP contribution in [0.2, 0.25) is 0 Å². The van der Waals surface area contributed by atoms with Gasteiger partial charge in [-0.3, -0.25) is 0 Å². The molecule has 0 fully saturated rings. The van der Waals surface area contributed by atoms with E-state index in [4.69, 9.17) is 5.11 Å². The van der Waals surface area contributed by atoms with Gasteiger partial charge in [-0.1, -0.05) is 13.3 Å². The van der Waals surface area contributed by atoms with Crippen molar-refractivity contribution in [3.8, 4) is 0 Å². The van der Waals surface area contributed by atoms with Gasteiger partial charge in [-0.05, 0) is 24.5 Å². The Morgan fingerprint density at radius 3 is 2.44 bits per heavy atom. The second-order valence-corrected chi connectivity index (χ2v) is 2.71. The summed E-state index contributed by atoms with van der Waals surface area (Å²) in [4.78, 5) is 0. The topological polar surface area (TPSA) is 20.2 Å². The summed E-state index contributed by atoms with van der Waals surface area (Å²) >= 11 is 4.17. The van der Waals surface area contributed by atoms with E-state index in [1.807, 2.05) is 0 Å². The highest BCUT2D eigenvalue weighted by Gasteiger charge is 2.02. The van der Waals surface area contributed by atoms with Gasteiger partial charge in [0.2, 0.25) is 0 Å². The summed E-state index contributed by atoms with van der Waals surface area (Å²) in [6.45, 7) is 2.47. The molecular weight excluding hydrogens is 132 g/mol. The van der Waals surface area contributed by atoms with Crippen LogP contribution in [0.5, 0.6) is 0 Å². The Bertz CT molecular complexity index is 50.9. The lowest BCUT2D eigenvalue weighted by Crippen LogP contribution is -2.03. The molecule has 0 saturated heterocycles. The number of aliphatic hydroxyl groups is 1. The molecule has 1 N–H and O–H groups in total. The highest BCUT2D eigenvalue weighted by Crippen LogP contribution is 2.11. The predicted octanol–water partition coefficient (Wildman–Crippen LogP) is 1.71. The summed E-state index contributed by atoms with van der Waals surface area (Å²) in [5, 5.41) is 8.56. The molecule has 0 aliphatic heterocycles. The molecule has 1 atom stereocenters. The molecule has 2 heteroatoms. The van der Waals surface area contributed by atoms with Crippen LogP contribution >= 0.6 is 12.6 Å². The molecule has 0 bridgehead atoms. The fourth-order valence-electron chi connectivity index (χ4n) is 0.918. The van der Waals surface area contributed by atoms with Crippen LogP contribution in [0.1, 0.15) is 26.2 Å². The predicted molar refractivity (Wildman–Crippen MR) is 44.0 cm³/mol. The average Bonchev–Trinajstić information content (AvgIpc) is 1.88. The lowest BCUT2D eigenvalue weighted by molar-refractivity contribution is 0.259. The molecule has 0 spiro atoms. The van der Waals surface area contributed by atoms with Crippen LogP contribution < -0.4 is 0 Å². The molecule has 56 valence electrons. The van der Waals surface area contributed by atoms with Crippen LogP contribution in [0, 0.1) is 5.92 Å². The van der Waals surface area contributed by atoms with Crippen molar-refractivity contribution in [2.45, 2.75) is 26.2 Å². The van der Waals surface area contributed by atoms with Crippen LogP contribution in [0.15, 0.2) is 0 Å². The summed E-state index contributed by atoms with van der Waals surface area (Å²) in [6.07, 6.45) is 3.31. The first-order chi connectivity index (χ1) is 4.35. The smallest absolute Gasteiger partial charge is 0.0433 e. The minimum atomic E-state index is 0.311. The Balaban J connectivity index is 3.18. The van der Waals surface area contributed by atoms with Crippen LogP contribution in [0.4, 0.5) is 0 Å². The lowest BCUT2D eigenvalue weighted by atomic mass is 10.0. The molecule has 0 amide bonds. The standard InChI is InChI=1S/C7H16OS/c1-2-3-7(6-9)4-5-8/h7-9H,2-6H2,1H3. The van der Waals surface area contributed by atoms with Gasteiger partial charge in [0.25, 0.3) is 0 Å². The van der Waals surface area contributed by atoms with Crippen molar-refractivity contribution in [3.05, 3.63) is 0 Å². The van der Waals surface area contributed by atoms with Crippen molar-refractivity contribution in [1.29, 1.82) is 0 Å². The van der Waals surface area contributed by atoms with Crippen molar-refractivity contribution in [2.75, 3.05) is 12.4 Å². The number of hydrogen-bond donors (Lipinski definition) is 2. The van der Waals surface area contributed by atoms with E-state index in [9.17, 15) is 0 Å². The van der Waals surface area contributed by atoms with E-state index in [1.54, 1.807) is 0 Å². The number of rotatable bonds is 5. The maximum absolute atomic E-state index is 8.56. The third kappa shape index (κ3) is 4.79. The third-order valence-corrected chi connectivity index (χ3v) is 2.01. The van der Waals surface area contributed by atoms with Crippen LogP contribution in [0.3, 0.4) is 0 Å². The molecular formula is C7H16OS. The molecule has 9 heavy (non-hydrogen) atoms. The molecule has 0 aromatic carbocycles. The fraction of sp³-hybridized carbons (Fsp3) is 1.00. The number of hydrogen-bond acceptors (Lipinski definition) is 2. The average molecular weight is 148 g/mol. The largest absolute Gasteiger partial charge is 0.396 e. The van der Waals surface area contributed by atoms with Crippen molar-refractivity contribution in [1.82, 2.24) is 0 Å². The van der Waals surface area contributed by atoms with E-state index in [2.05, 4.69) is 19.6 Å². The molecule has 1 nitrogen and oxygen atoms in total. The molecule has 0 saturated carbocycles. The Hall–Kier alpha value is 0.310. The summed E-state index contributed by atoms with van der Waals surface area (Å²) in [6, 6.07) is 0. The van der Waals surface area contributed by atoms with Gasteiger partial charge in [0.1, 0.15) is 0 Å². The van der Waals surface area contributed by atoms with Crippen LogP contribution in [0.25, 0.3) is 0 Å². The second kappa shape index (κ2) is 6.43. The van der Waals surface area contributed by atoms with Gasteiger partial charge in [0.05, 0.1) is 0 Å². The number of aliphatic hydroxyl groups excluding tert-OH is 1. The monoisotopic (exact) mass is 148 g/mol. The Kier molecular flexibility index (Phi) is 6.65. The summed E-state index contributed by atoms with van der Waals surface area (Å²) in [7, 11) is 0. The van der Waals surface area contributed by atoms with Crippen molar-refractivity contribution >= 4 is 12.6 Å². The minimum Gasteiger partial charge on any atom is -0.396 e. The highest BCUT2D eigenvalue weighted by molar-refractivity contribution is 7.80. The Labute approximate surface area is 62.9 Å². The van der Waals surface area contributed by atoms with Crippen molar-refractivity contribution < 1.29 is 5.11 Å². The zero-order valence-corrected chi connectivity index (χ0v) is 6.90. The molecule has 0 aliphatic carbocycles. The summed E-state index contributed by atoms with van der Waals surface area (Å²) < 4.78 is 0. The fourth-order valence-corrected chi connectivity index (χ4v) is 1.28. The van der Waals surface area contributed by atoms with Gasteiger partial charge in [-0.15, -0.1) is 0 Å². The normalized spacial score (nSPS) is 13.7. The van der Waals surface area contributed by atoms with Gasteiger partial charge >= 0.3 is 0 Å².